The number of benzene rings is 5. The van der Waals surface area contributed by atoms with Gasteiger partial charge in [0, 0.05) is 42.0 Å². The molecule has 1 unspecified atom stereocenters. The number of anilines is 4. The molecule has 12 heteroatoms. The number of halogens is 2. The van der Waals surface area contributed by atoms with E-state index in [4.69, 9.17) is 10.5 Å². The highest BCUT2D eigenvalue weighted by Crippen LogP contribution is 2.40. The monoisotopic (exact) mass is 721 g/mol. The zero-order valence-corrected chi connectivity index (χ0v) is 29.1. The van der Waals surface area contributed by atoms with Crippen LogP contribution in [0.2, 0.25) is 0 Å². The number of fused-ring (bicyclic) bond motifs is 1. The number of para-hydroxylation sites is 2. The number of nitrogens with two attached hydrogens (primary N) is 1. The molecule has 0 aromatic heterocycles. The van der Waals surface area contributed by atoms with Crippen LogP contribution in [-0.4, -0.2) is 30.7 Å². The average molecular weight is 722 g/mol. The summed E-state index contributed by atoms with van der Waals surface area (Å²) in [5, 5.41) is 5.54. The van der Waals surface area contributed by atoms with Crippen LogP contribution < -0.4 is 30.9 Å². The van der Waals surface area contributed by atoms with E-state index in [2.05, 4.69) is 10.6 Å². The summed E-state index contributed by atoms with van der Waals surface area (Å²) in [6.07, 6.45) is -0.454. The summed E-state index contributed by atoms with van der Waals surface area (Å²) in [6.45, 7) is 0.283. The standard InChI is InChI=1S/C40H36FN5O5.ClH/c1-51-32-20-14-28(15-21-32)38(48)44-30-16-10-27(11-17-30)25-45-35-8-4-5-9-36(35)46(31-18-12-26(23-42)13-19-31)40(50)33(39(45)49)22-37(47)43-24-29-6-2-3-7-34(29)41;/h2-21,33H,22-25,42H2,1H3,(H,43,47)(H,44,48);1H. The Balaban J connectivity index is 0.00000523. The molecule has 0 spiro atoms. The van der Waals surface area contributed by atoms with Crippen molar-refractivity contribution >= 4 is 58.8 Å². The van der Waals surface area contributed by atoms with E-state index in [1.165, 1.54) is 15.9 Å². The van der Waals surface area contributed by atoms with Gasteiger partial charge in [-0.3, -0.25) is 24.1 Å². The summed E-state index contributed by atoms with van der Waals surface area (Å²) in [5.41, 5.74) is 10.1. The average Bonchev–Trinajstić information content (AvgIpc) is 3.24. The normalized spacial score (nSPS) is 13.8. The summed E-state index contributed by atoms with van der Waals surface area (Å²) >= 11 is 0. The van der Waals surface area contributed by atoms with Crippen molar-refractivity contribution in [3.63, 3.8) is 0 Å². The first-order valence-electron chi connectivity index (χ1n) is 16.3. The Morgan fingerprint density at radius 3 is 2.08 bits per heavy atom. The number of nitrogens with one attached hydrogen (secondary N) is 2. The largest absolute Gasteiger partial charge is 0.497 e. The van der Waals surface area contributed by atoms with E-state index in [0.29, 0.717) is 40.6 Å². The zero-order valence-electron chi connectivity index (χ0n) is 28.3. The molecule has 6 rings (SSSR count). The zero-order chi connectivity index (χ0) is 35.9. The van der Waals surface area contributed by atoms with Crippen LogP contribution in [0.1, 0.15) is 33.5 Å². The number of amides is 4. The number of rotatable bonds is 11. The van der Waals surface area contributed by atoms with Gasteiger partial charge in [-0.25, -0.2) is 4.39 Å². The Hall–Kier alpha value is -6.04. The number of hydrogen-bond donors (Lipinski definition) is 3. The Morgan fingerprint density at radius 1 is 0.788 bits per heavy atom. The van der Waals surface area contributed by atoms with Crippen molar-refractivity contribution in [2.24, 2.45) is 11.7 Å². The van der Waals surface area contributed by atoms with E-state index < -0.39 is 35.9 Å². The Morgan fingerprint density at radius 2 is 1.42 bits per heavy atom. The fourth-order valence-electron chi connectivity index (χ4n) is 5.87. The first kappa shape index (κ1) is 37.2. The van der Waals surface area contributed by atoms with Crippen molar-refractivity contribution in [3.05, 3.63) is 149 Å². The molecule has 1 aliphatic rings. The molecule has 0 saturated heterocycles. The lowest BCUT2D eigenvalue weighted by atomic mass is 10.0. The number of carbonyl (C=O) groups excluding carboxylic acids is 4. The van der Waals surface area contributed by atoms with Gasteiger partial charge < -0.3 is 26.0 Å². The minimum atomic E-state index is -1.39. The van der Waals surface area contributed by atoms with Crippen LogP contribution in [0.25, 0.3) is 0 Å². The molecule has 52 heavy (non-hydrogen) atoms. The topological polar surface area (TPSA) is 134 Å². The highest BCUT2D eigenvalue weighted by Gasteiger charge is 2.42. The maximum atomic E-state index is 14.4. The summed E-state index contributed by atoms with van der Waals surface area (Å²) in [4.78, 5) is 57.9. The van der Waals surface area contributed by atoms with Crippen molar-refractivity contribution in [1.29, 1.82) is 0 Å². The van der Waals surface area contributed by atoms with Gasteiger partial charge in [0.1, 0.15) is 17.5 Å². The SMILES string of the molecule is COc1ccc(C(=O)Nc2ccc(CN3C(=O)C(CC(=O)NCc4ccccc4F)C(=O)N(c4ccc(CN)cc4)c4ccccc43)cc2)cc1.Cl. The van der Waals surface area contributed by atoms with Crippen molar-refractivity contribution < 1.29 is 28.3 Å². The van der Waals surface area contributed by atoms with Gasteiger partial charge in [0.2, 0.25) is 17.7 Å². The van der Waals surface area contributed by atoms with Crippen LogP contribution in [0.15, 0.2) is 121 Å². The summed E-state index contributed by atoms with van der Waals surface area (Å²) < 4.78 is 19.4. The molecule has 5 aromatic carbocycles. The fraction of sp³-hybridized carbons (Fsp3) is 0.150. The Bertz CT molecular complexity index is 2060. The molecule has 5 aromatic rings. The van der Waals surface area contributed by atoms with E-state index in [1.54, 1.807) is 122 Å². The second kappa shape index (κ2) is 16.8. The molecule has 266 valence electrons. The lowest BCUT2D eigenvalue weighted by molar-refractivity contribution is -0.136. The first-order valence-corrected chi connectivity index (χ1v) is 16.3. The highest BCUT2D eigenvalue weighted by atomic mass is 35.5. The smallest absolute Gasteiger partial charge is 0.255 e. The minimum absolute atomic E-state index is 0. The first-order chi connectivity index (χ1) is 24.7. The third-order valence-electron chi connectivity index (χ3n) is 8.65. The molecule has 1 heterocycles. The molecule has 0 bridgehead atoms. The van der Waals surface area contributed by atoms with Crippen LogP contribution in [0.4, 0.5) is 27.1 Å². The van der Waals surface area contributed by atoms with E-state index in [0.717, 1.165) is 11.1 Å². The molecule has 0 fully saturated rings. The quantitative estimate of drug-likeness (QED) is 0.133. The van der Waals surface area contributed by atoms with Gasteiger partial charge in [-0.2, -0.15) is 0 Å². The fourth-order valence-corrected chi connectivity index (χ4v) is 5.87. The van der Waals surface area contributed by atoms with E-state index >= 15 is 0 Å². The third-order valence-corrected chi connectivity index (χ3v) is 8.65. The lowest BCUT2D eigenvalue weighted by Gasteiger charge is -2.26. The number of hydrogen-bond acceptors (Lipinski definition) is 6. The molecule has 1 aliphatic heterocycles. The number of nitrogens with zero attached hydrogens (tertiary/aromatic N) is 2. The summed E-state index contributed by atoms with van der Waals surface area (Å²) in [7, 11) is 1.55. The van der Waals surface area contributed by atoms with Crippen LogP contribution in [0.5, 0.6) is 5.75 Å². The summed E-state index contributed by atoms with van der Waals surface area (Å²) in [6, 6.07) is 34.0. The second-order valence-corrected chi connectivity index (χ2v) is 12.0. The van der Waals surface area contributed by atoms with Crippen LogP contribution in [0, 0.1) is 11.7 Å². The van der Waals surface area contributed by atoms with Gasteiger partial charge in [0.15, 0.2) is 0 Å². The van der Waals surface area contributed by atoms with Crippen LogP contribution in [-0.2, 0) is 34.0 Å². The maximum absolute atomic E-state index is 14.4. The number of carbonyl (C=O) groups is 4. The second-order valence-electron chi connectivity index (χ2n) is 12.0. The van der Waals surface area contributed by atoms with Gasteiger partial charge in [0.25, 0.3) is 5.91 Å². The predicted molar refractivity (Wildman–Crippen MR) is 200 cm³/mol. The highest BCUT2D eigenvalue weighted by molar-refractivity contribution is 6.21. The van der Waals surface area contributed by atoms with Crippen molar-refractivity contribution in [2.75, 3.05) is 22.2 Å². The number of ether oxygens (including phenoxy) is 1. The van der Waals surface area contributed by atoms with Gasteiger partial charge in [-0.05, 0) is 77.9 Å². The van der Waals surface area contributed by atoms with Gasteiger partial charge in [0.05, 0.1) is 25.0 Å². The lowest BCUT2D eigenvalue weighted by Crippen LogP contribution is -2.43. The van der Waals surface area contributed by atoms with Gasteiger partial charge in [-0.1, -0.05) is 54.6 Å². The molecule has 10 nitrogen and oxygen atoms in total. The molecule has 1 atom stereocenters. The maximum Gasteiger partial charge on any atom is 0.255 e. The molecule has 0 saturated carbocycles. The molecule has 4 amide bonds. The Kier molecular flexibility index (Phi) is 12.0. The van der Waals surface area contributed by atoms with Crippen molar-refractivity contribution in [2.45, 2.75) is 26.1 Å². The van der Waals surface area contributed by atoms with Crippen molar-refractivity contribution in [3.8, 4) is 5.75 Å². The predicted octanol–water partition coefficient (Wildman–Crippen LogP) is 6.50. The third kappa shape index (κ3) is 8.28. The minimum Gasteiger partial charge on any atom is -0.497 e. The molecule has 0 aliphatic carbocycles. The molecular weight excluding hydrogens is 685 g/mol. The van der Waals surface area contributed by atoms with Crippen LogP contribution in [0.3, 0.4) is 0 Å². The van der Waals surface area contributed by atoms with Gasteiger partial charge >= 0.3 is 0 Å². The Labute approximate surface area is 306 Å². The van der Waals surface area contributed by atoms with Crippen molar-refractivity contribution in [1.82, 2.24) is 5.32 Å². The van der Waals surface area contributed by atoms with E-state index in [1.807, 2.05) is 0 Å². The van der Waals surface area contributed by atoms with Crippen LogP contribution >= 0.6 is 12.4 Å². The van der Waals surface area contributed by atoms with Gasteiger partial charge in [-0.15, -0.1) is 12.4 Å². The molecule has 4 N–H and O–H groups in total. The molecule has 0 radical (unpaired) electrons. The van der Waals surface area contributed by atoms with E-state index in [-0.39, 0.29) is 37.0 Å². The van der Waals surface area contributed by atoms with E-state index in [9.17, 15) is 23.6 Å². The molecular formula is C40H37ClFN5O5. The number of methoxy groups -OCH3 is 1. The summed E-state index contributed by atoms with van der Waals surface area (Å²) in [5.74, 6) is -3.24.